The van der Waals surface area contributed by atoms with Crippen LogP contribution in [0.1, 0.15) is 40.0 Å². The maximum Gasteiger partial charge on any atom is 0.119 e. The summed E-state index contributed by atoms with van der Waals surface area (Å²) < 4.78 is 19.9. The summed E-state index contributed by atoms with van der Waals surface area (Å²) in [5, 5.41) is 0. The Morgan fingerprint density at radius 1 is 1.39 bits per heavy atom. The van der Waals surface area contributed by atoms with Crippen molar-refractivity contribution in [2.45, 2.75) is 45.6 Å². The highest BCUT2D eigenvalue weighted by Gasteiger charge is 2.43. The van der Waals surface area contributed by atoms with Gasteiger partial charge in [0.05, 0.1) is 0 Å². The van der Waals surface area contributed by atoms with Crippen LogP contribution >= 0.6 is 0 Å². The second-order valence-corrected chi connectivity index (χ2v) is 7.23. The molecule has 0 aliphatic carbocycles. The molecule has 0 bridgehead atoms. The molecule has 23 heavy (non-hydrogen) atoms. The van der Waals surface area contributed by atoms with E-state index >= 15 is 0 Å². The van der Waals surface area contributed by atoms with Gasteiger partial charge in [0.2, 0.25) is 0 Å². The van der Waals surface area contributed by atoms with Crippen LogP contribution in [0.4, 0.5) is 4.39 Å². The summed E-state index contributed by atoms with van der Waals surface area (Å²) in [6.07, 6.45) is 10.9. The molecule has 128 valence electrons. The van der Waals surface area contributed by atoms with Crippen molar-refractivity contribution in [2.75, 3.05) is 20.1 Å². The number of rotatable bonds is 3. The van der Waals surface area contributed by atoms with Gasteiger partial charge < -0.3 is 9.64 Å². The van der Waals surface area contributed by atoms with E-state index in [0.29, 0.717) is 5.92 Å². The first-order chi connectivity index (χ1) is 10.8. The Morgan fingerprint density at radius 2 is 2.04 bits per heavy atom. The number of allylic oxidation sites excluding steroid dienone is 6. The molecule has 2 saturated heterocycles. The van der Waals surface area contributed by atoms with Crippen LogP contribution in [0.15, 0.2) is 48.0 Å². The quantitative estimate of drug-likeness (QED) is 0.678. The first-order valence-corrected chi connectivity index (χ1v) is 8.64. The molecule has 0 saturated carbocycles. The van der Waals surface area contributed by atoms with Crippen molar-refractivity contribution in [3.8, 4) is 0 Å². The van der Waals surface area contributed by atoms with Crippen molar-refractivity contribution in [1.29, 1.82) is 0 Å². The molecule has 2 fully saturated rings. The lowest BCUT2D eigenvalue weighted by molar-refractivity contribution is -0.0667. The lowest BCUT2D eigenvalue weighted by Gasteiger charge is -2.47. The van der Waals surface area contributed by atoms with Gasteiger partial charge in [-0.15, -0.1) is 0 Å². The highest BCUT2D eigenvalue weighted by atomic mass is 19.1. The molecule has 2 heterocycles. The van der Waals surface area contributed by atoms with Gasteiger partial charge >= 0.3 is 0 Å². The van der Waals surface area contributed by atoms with E-state index in [1.165, 1.54) is 6.08 Å². The lowest BCUT2D eigenvalue weighted by Crippen LogP contribution is -2.48. The number of halogens is 1. The van der Waals surface area contributed by atoms with Crippen molar-refractivity contribution in [1.82, 2.24) is 4.90 Å². The van der Waals surface area contributed by atoms with Crippen molar-refractivity contribution in [3.63, 3.8) is 0 Å². The fourth-order valence-electron chi connectivity index (χ4n) is 3.46. The highest BCUT2D eigenvalue weighted by Crippen LogP contribution is 2.45. The molecule has 0 aromatic rings. The summed E-state index contributed by atoms with van der Waals surface area (Å²) in [5.74, 6) is 1.08. The van der Waals surface area contributed by atoms with E-state index < -0.39 is 5.83 Å². The Morgan fingerprint density at radius 3 is 2.57 bits per heavy atom. The Bertz CT molecular complexity index is 522. The van der Waals surface area contributed by atoms with Crippen molar-refractivity contribution >= 4 is 0 Å². The van der Waals surface area contributed by atoms with Crippen molar-refractivity contribution in [2.24, 2.45) is 11.8 Å². The zero-order chi connectivity index (χ0) is 17.0. The minimum absolute atomic E-state index is 0.116. The smallest absolute Gasteiger partial charge is 0.119 e. The standard InChI is InChI=1S/C20H30FNO/c1-6-19-18(13-16(4)21)17(8-7-15(2)3)14-20(23-19)9-11-22(5)12-10-20/h6-8,13,15,17H,4,9-12,14H2,1-3,5H3/b8-7-,18-13-,19-6+. The second-order valence-electron chi connectivity index (χ2n) is 7.23. The molecule has 2 aliphatic heterocycles. The molecule has 2 nitrogen and oxygen atoms in total. The third kappa shape index (κ3) is 4.57. The van der Waals surface area contributed by atoms with Crippen molar-refractivity contribution in [3.05, 3.63) is 48.0 Å². The summed E-state index contributed by atoms with van der Waals surface area (Å²) in [6, 6.07) is 0. The largest absolute Gasteiger partial charge is 0.487 e. The van der Waals surface area contributed by atoms with Gasteiger partial charge in [0.1, 0.15) is 17.2 Å². The summed E-state index contributed by atoms with van der Waals surface area (Å²) in [7, 11) is 2.15. The molecule has 1 unspecified atom stereocenters. The van der Waals surface area contributed by atoms with Gasteiger partial charge in [0.15, 0.2) is 0 Å². The first-order valence-electron chi connectivity index (χ1n) is 8.64. The number of piperidine rings is 1. The molecule has 2 aliphatic rings. The third-order valence-electron chi connectivity index (χ3n) is 4.80. The van der Waals surface area contributed by atoms with E-state index in [-0.39, 0.29) is 11.5 Å². The van der Waals surface area contributed by atoms with Crippen LogP contribution in [0.25, 0.3) is 0 Å². The predicted molar refractivity (Wildman–Crippen MR) is 94.7 cm³/mol. The topological polar surface area (TPSA) is 12.5 Å². The molecule has 3 heteroatoms. The van der Waals surface area contributed by atoms with Gasteiger partial charge in [-0.25, -0.2) is 4.39 Å². The maximum atomic E-state index is 13.5. The second kappa shape index (κ2) is 7.48. The average molecular weight is 319 g/mol. The van der Waals surface area contributed by atoms with Crippen LogP contribution in [0.2, 0.25) is 0 Å². The van der Waals surface area contributed by atoms with Gasteiger partial charge in [0, 0.05) is 24.6 Å². The molecule has 0 aromatic carbocycles. The highest BCUT2D eigenvalue weighted by molar-refractivity contribution is 5.38. The number of ether oxygens (including phenoxy) is 1. The van der Waals surface area contributed by atoms with E-state index in [1.54, 1.807) is 0 Å². The minimum Gasteiger partial charge on any atom is -0.487 e. The number of likely N-dealkylation sites (tertiary alicyclic amines) is 1. The fourth-order valence-corrected chi connectivity index (χ4v) is 3.46. The fraction of sp³-hybridized carbons (Fsp3) is 0.600. The minimum atomic E-state index is -0.412. The SMILES string of the molecule is C=C(F)/C=C1\C(=C/C)OC2(CCN(C)CC2)CC1/C=C\C(C)C. The van der Waals surface area contributed by atoms with Crippen LogP contribution in [-0.4, -0.2) is 30.6 Å². The molecule has 0 amide bonds. The molecule has 1 spiro atoms. The molecular weight excluding hydrogens is 289 g/mol. The van der Waals surface area contributed by atoms with E-state index in [4.69, 9.17) is 4.74 Å². The molecular formula is C20H30FNO. The summed E-state index contributed by atoms with van der Waals surface area (Å²) in [6.45, 7) is 11.8. The molecule has 0 radical (unpaired) electrons. The normalized spacial score (nSPS) is 28.9. The predicted octanol–water partition coefficient (Wildman–Crippen LogP) is 5.01. The molecule has 2 rings (SSSR count). The van der Waals surface area contributed by atoms with E-state index in [9.17, 15) is 4.39 Å². The number of nitrogens with zero attached hydrogens (tertiary/aromatic N) is 1. The van der Waals surface area contributed by atoms with Crippen LogP contribution < -0.4 is 0 Å². The molecule has 0 aromatic heterocycles. The summed E-state index contributed by atoms with van der Waals surface area (Å²) in [4.78, 5) is 2.34. The van der Waals surface area contributed by atoms with Crippen molar-refractivity contribution < 1.29 is 9.13 Å². The number of hydrogen-bond donors (Lipinski definition) is 0. The monoisotopic (exact) mass is 319 g/mol. The summed E-state index contributed by atoms with van der Waals surface area (Å²) in [5.41, 5.74) is 0.802. The first kappa shape index (κ1) is 18.0. The summed E-state index contributed by atoms with van der Waals surface area (Å²) >= 11 is 0. The zero-order valence-corrected chi connectivity index (χ0v) is 14.9. The average Bonchev–Trinajstić information content (AvgIpc) is 2.50. The van der Waals surface area contributed by atoms with Gasteiger partial charge in [-0.1, -0.05) is 32.6 Å². The molecule has 0 N–H and O–H groups in total. The van der Waals surface area contributed by atoms with E-state index in [2.05, 4.69) is 44.5 Å². The van der Waals surface area contributed by atoms with Crippen LogP contribution in [-0.2, 0) is 4.74 Å². The van der Waals surface area contributed by atoms with Gasteiger partial charge in [-0.3, -0.25) is 0 Å². The maximum absolute atomic E-state index is 13.5. The van der Waals surface area contributed by atoms with Gasteiger partial charge in [-0.05, 0) is 51.3 Å². The Balaban J connectivity index is 2.33. The Kier molecular flexibility index (Phi) is 5.85. The molecule has 1 atom stereocenters. The zero-order valence-electron chi connectivity index (χ0n) is 14.9. The van der Waals surface area contributed by atoms with E-state index in [0.717, 1.165) is 43.7 Å². The number of hydrogen-bond acceptors (Lipinski definition) is 2. The van der Waals surface area contributed by atoms with Crippen LogP contribution in [0, 0.1) is 11.8 Å². The van der Waals surface area contributed by atoms with Gasteiger partial charge in [-0.2, -0.15) is 0 Å². The third-order valence-corrected chi connectivity index (χ3v) is 4.80. The Labute approximate surface area is 140 Å². The van der Waals surface area contributed by atoms with Crippen LogP contribution in [0.3, 0.4) is 0 Å². The van der Waals surface area contributed by atoms with Gasteiger partial charge in [0.25, 0.3) is 0 Å². The van der Waals surface area contributed by atoms with E-state index in [1.807, 2.05) is 13.0 Å². The Hall–Kier alpha value is -1.35. The lowest BCUT2D eigenvalue weighted by atomic mass is 9.76. The van der Waals surface area contributed by atoms with Crippen LogP contribution in [0.5, 0.6) is 0 Å².